The molecule has 0 spiro atoms. The summed E-state index contributed by atoms with van der Waals surface area (Å²) in [7, 11) is -3.83. The molecule has 2 rings (SSSR count). The first-order valence-corrected chi connectivity index (χ1v) is 7.91. The SMILES string of the molecule is O=S(=O)(c1cnccc1Cl)N1CCN(CC(F)(F)F)CC1. The first kappa shape index (κ1) is 16.5. The Hall–Kier alpha value is -0.900. The van der Waals surface area contributed by atoms with E-state index in [-0.39, 0.29) is 36.1 Å². The number of hydrogen-bond acceptors (Lipinski definition) is 4. The number of alkyl halides is 3. The van der Waals surface area contributed by atoms with Crippen molar-refractivity contribution in [1.29, 1.82) is 0 Å². The van der Waals surface area contributed by atoms with E-state index >= 15 is 0 Å². The fourth-order valence-corrected chi connectivity index (χ4v) is 3.90. The third-order valence-electron chi connectivity index (χ3n) is 3.09. The van der Waals surface area contributed by atoms with Gasteiger partial charge in [-0.15, -0.1) is 0 Å². The topological polar surface area (TPSA) is 53.5 Å². The van der Waals surface area contributed by atoms with Gasteiger partial charge in [-0.2, -0.15) is 17.5 Å². The molecule has 0 N–H and O–H groups in total. The van der Waals surface area contributed by atoms with Crippen molar-refractivity contribution < 1.29 is 21.6 Å². The molecule has 10 heteroatoms. The molecule has 1 aromatic rings. The monoisotopic (exact) mass is 343 g/mol. The number of pyridine rings is 1. The fourth-order valence-electron chi connectivity index (χ4n) is 2.07. The van der Waals surface area contributed by atoms with Crippen molar-refractivity contribution in [1.82, 2.24) is 14.2 Å². The Kier molecular flexibility index (Phi) is 4.76. The molecule has 0 saturated carbocycles. The zero-order valence-corrected chi connectivity index (χ0v) is 12.4. The molecule has 1 fully saturated rings. The smallest absolute Gasteiger partial charge is 0.292 e. The molecule has 0 atom stereocenters. The molecule has 1 saturated heterocycles. The first-order valence-electron chi connectivity index (χ1n) is 6.09. The lowest BCUT2D eigenvalue weighted by Gasteiger charge is -2.34. The van der Waals surface area contributed by atoms with Crippen LogP contribution in [0.2, 0.25) is 5.02 Å². The second kappa shape index (κ2) is 6.07. The first-order chi connectivity index (χ1) is 9.70. The molecule has 1 aliphatic heterocycles. The lowest BCUT2D eigenvalue weighted by Crippen LogP contribution is -2.50. The van der Waals surface area contributed by atoms with Gasteiger partial charge in [0.05, 0.1) is 11.6 Å². The average Bonchev–Trinajstić information content (AvgIpc) is 2.37. The van der Waals surface area contributed by atoms with Gasteiger partial charge in [-0.05, 0) is 6.07 Å². The second-order valence-electron chi connectivity index (χ2n) is 4.60. The van der Waals surface area contributed by atoms with Crippen LogP contribution in [0.4, 0.5) is 13.2 Å². The zero-order valence-electron chi connectivity index (χ0n) is 10.8. The van der Waals surface area contributed by atoms with Gasteiger partial charge < -0.3 is 0 Å². The van der Waals surface area contributed by atoms with Crippen LogP contribution in [0.3, 0.4) is 0 Å². The summed E-state index contributed by atoms with van der Waals surface area (Å²) >= 11 is 5.84. The highest BCUT2D eigenvalue weighted by atomic mass is 35.5. The Bertz CT molecular complexity index is 601. The van der Waals surface area contributed by atoms with Gasteiger partial charge in [0.2, 0.25) is 10.0 Å². The Morgan fingerprint density at radius 1 is 1.24 bits per heavy atom. The van der Waals surface area contributed by atoms with Crippen LogP contribution < -0.4 is 0 Å². The molecular formula is C11H13ClF3N3O2S. The lowest BCUT2D eigenvalue weighted by molar-refractivity contribution is -0.148. The van der Waals surface area contributed by atoms with Crippen molar-refractivity contribution >= 4 is 21.6 Å². The van der Waals surface area contributed by atoms with Gasteiger partial charge in [-0.25, -0.2) is 8.42 Å². The zero-order chi connectivity index (χ0) is 15.7. The van der Waals surface area contributed by atoms with Crippen LogP contribution in [-0.4, -0.2) is 61.5 Å². The summed E-state index contributed by atoms with van der Waals surface area (Å²) in [6.07, 6.45) is -1.78. The van der Waals surface area contributed by atoms with Crippen LogP contribution in [0.5, 0.6) is 0 Å². The van der Waals surface area contributed by atoms with Crippen LogP contribution in [-0.2, 0) is 10.0 Å². The molecule has 2 heterocycles. The Morgan fingerprint density at radius 3 is 2.38 bits per heavy atom. The summed E-state index contributed by atoms with van der Waals surface area (Å²) in [5.74, 6) is 0. The molecule has 1 aliphatic rings. The van der Waals surface area contributed by atoms with E-state index < -0.39 is 22.7 Å². The second-order valence-corrected chi connectivity index (χ2v) is 6.92. The molecule has 118 valence electrons. The van der Waals surface area contributed by atoms with Crippen LogP contribution in [0.15, 0.2) is 23.4 Å². The number of sulfonamides is 1. The normalized spacial score (nSPS) is 18.9. The molecule has 21 heavy (non-hydrogen) atoms. The summed E-state index contributed by atoms with van der Waals surface area (Å²) < 4.78 is 62.7. The molecule has 0 aromatic carbocycles. The van der Waals surface area contributed by atoms with E-state index in [0.29, 0.717) is 0 Å². The maximum Gasteiger partial charge on any atom is 0.401 e. The van der Waals surface area contributed by atoms with Gasteiger partial charge in [-0.3, -0.25) is 9.88 Å². The van der Waals surface area contributed by atoms with Gasteiger partial charge in [0.25, 0.3) is 0 Å². The van der Waals surface area contributed by atoms with Crippen molar-refractivity contribution in [2.24, 2.45) is 0 Å². The number of rotatable bonds is 3. The number of aromatic nitrogens is 1. The largest absolute Gasteiger partial charge is 0.401 e. The summed E-state index contributed by atoms with van der Waals surface area (Å²) in [5, 5.41) is 0.0442. The van der Waals surface area contributed by atoms with E-state index in [1.54, 1.807) is 0 Å². The lowest BCUT2D eigenvalue weighted by atomic mass is 10.3. The van der Waals surface area contributed by atoms with Crippen molar-refractivity contribution in [3.05, 3.63) is 23.5 Å². The van der Waals surface area contributed by atoms with Gasteiger partial charge in [-0.1, -0.05) is 11.6 Å². The number of nitrogens with zero attached hydrogens (tertiary/aromatic N) is 3. The summed E-state index contributed by atoms with van der Waals surface area (Å²) in [4.78, 5) is 4.77. The fraction of sp³-hybridized carbons (Fsp3) is 0.545. The van der Waals surface area contributed by atoms with Crippen LogP contribution >= 0.6 is 11.6 Å². The Labute approximate surface area is 125 Å². The van der Waals surface area contributed by atoms with Gasteiger partial charge >= 0.3 is 6.18 Å². The van der Waals surface area contributed by atoms with Crippen molar-refractivity contribution in [2.45, 2.75) is 11.1 Å². The molecule has 5 nitrogen and oxygen atoms in total. The molecule has 0 unspecified atom stereocenters. The average molecular weight is 344 g/mol. The third-order valence-corrected chi connectivity index (χ3v) is 5.45. The third kappa shape index (κ3) is 4.06. The van der Waals surface area contributed by atoms with E-state index in [1.807, 2.05) is 0 Å². The minimum atomic E-state index is -4.28. The van der Waals surface area contributed by atoms with E-state index in [1.165, 1.54) is 17.2 Å². The summed E-state index contributed by atoms with van der Waals surface area (Å²) in [6.45, 7) is -1.00. The molecule has 0 amide bonds. The maximum absolute atomic E-state index is 12.4. The highest BCUT2D eigenvalue weighted by Gasteiger charge is 2.35. The van der Waals surface area contributed by atoms with Crippen LogP contribution in [0.25, 0.3) is 0 Å². The summed E-state index contributed by atoms with van der Waals surface area (Å²) in [5.41, 5.74) is 0. The highest BCUT2D eigenvalue weighted by molar-refractivity contribution is 7.89. The highest BCUT2D eigenvalue weighted by Crippen LogP contribution is 2.25. The molecule has 0 radical (unpaired) electrons. The number of halogens is 4. The number of piperazine rings is 1. The van der Waals surface area contributed by atoms with Crippen molar-refractivity contribution in [2.75, 3.05) is 32.7 Å². The number of hydrogen-bond donors (Lipinski definition) is 0. The molecule has 0 bridgehead atoms. The van der Waals surface area contributed by atoms with Crippen LogP contribution in [0, 0.1) is 0 Å². The van der Waals surface area contributed by atoms with E-state index in [2.05, 4.69) is 4.98 Å². The Balaban J connectivity index is 2.07. The Morgan fingerprint density at radius 2 is 1.86 bits per heavy atom. The predicted octanol–water partition coefficient (Wildman–Crippen LogP) is 1.60. The van der Waals surface area contributed by atoms with E-state index in [4.69, 9.17) is 11.6 Å². The molecule has 0 aliphatic carbocycles. The molecule has 1 aromatic heterocycles. The van der Waals surface area contributed by atoms with Gasteiger partial charge in [0.15, 0.2) is 0 Å². The van der Waals surface area contributed by atoms with E-state index in [0.717, 1.165) is 10.5 Å². The van der Waals surface area contributed by atoms with Crippen LogP contribution in [0.1, 0.15) is 0 Å². The van der Waals surface area contributed by atoms with Crippen molar-refractivity contribution in [3.63, 3.8) is 0 Å². The minimum absolute atomic E-state index is 0.0103. The van der Waals surface area contributed by atoms with Crippen molar-refractivity contribution in [3.8, 4) is 0 Å². The van der Waals surface area contributed by atoms with Gasteiger partial charge in [0, 0.05) is 38.6 Å². The van der Waals surface area contributed by atoms with Gasteiger partial charge in [0.1, 0.15) is 4.90 Å². The predicted molar refractivity (Wildman–Crippen MR) is 70.5 cm³/mol. The quantitative estimate of drug-likeness (QED) is 0.836. The summed E-state index contributed by atoms with van der Waals surface area (Å²) in [6, 6.07) is 1.36. The van der Waals surface area contributed by atoms with E-state index in [9.17, 15) is 21.6 Å². The minimum Gasteiger partial charge on any atom is -0.292 e. The maximum atomic E-state index is 12.4. The molecular weight excluding hydrogens is 331 g/mol. The standard InChI is InChI=1S/C11H13ClF3N3O2S/c12-9-1-2-16-7-10(9)21(19,20)18-5-3-17(4-6-18)8-11(13,14)15/h1-2,7H,3-6,8H2.